The standard InChI is InChI=1S/C14H18N4O3S/c19-22(20)8-6-11(9-22)18-14(12-5-7-21-17-12)15-13(16-18)10-3-1-2-4-10/h5,7,10-11H,1-4,6,8-9H2/t11-/m1/s1. The first-order chi connectivity index (χ1) is 10.6. The van der Waals surface area contributed by atoms with E-state index in [1.54, 1.807) is 10.7 Å². The van der Waals surface area contributed by atoms with Gasteiger partial charge in [0.15, 0.2) is 27.2 Å². The highest BCUT2D eigenvalue weighted by molar-refractivity contribution is 7.91. The van der Waals surface area contributed by atoms with Crippen LogP contribution in [0.5, 0.6) is 0 Å². The molecule has 0 aromatic carbocycles. The van der Waals surface area contributed by atoms with Crippen LogP contribution in [-0.4, -0.2) is 39.8 Å². The molecule has 7 nitrogen and oxygen atoms in total. The molecule has 2 fully saturated rings. The Morgan fingerprint density at radius 2 is 2.05 bits per heavy atom. The van der Waals surface area contributed by atoms with Crippen LogP contribution in [0.4, 0.5) is 0 Å². The SMILES string of the molecule is O=S1(=O)CC[C@@H](n2nc(C3CCCC3)nc2-c2ccon2)C1. The van der Waals surface area contributed by atoms with E-state index in [9.17, 15) is 8.42 Å². The molecule has 2 aromatic heterocycles. The smallest absolute Gasteiger partial charge is 0.180 e. The van der Waals surface area contributed by atoms with Gasteiger partial charge in [-0.05, 0) is 19.3 Å². The van der Waals surface area contributed by atoms with E-state index < -0.39 is 9.84 Å². The molecule has 2 aromatic rings. The largest absolute Gasteiger partial charge is 0.364 e. The zero-order valence-corrected chi connectivity index (χ0v) is 13.0. The van der Waals surface area contributed by atoms with Crippen LogP contribution in [0.1, 0.15) is 49.9 Å². The summed E-state index contributed by atoms with van der Waals surface area (Å²) in [5, 5.41) is 8.60. The van der Waals surface area contributed by atoms with Crippen LogP contribution in [0.15, 0.2) is 16.9 Å². The van der Waals surface area contributed by atoms with Crippen molar-refractivity contribution in [2.45, 2.75) is 44.1 Å². The second-order valence-corrected chi connectivity index (χ2v) is 8.39. The van der Waals surface area contributed by atoms with Crippen molar-refractivity contribution in [2.24, 2.45) is 0 Å². The van der Waals surface area contributed by atoms with E-state index in [0.29, 0.717) is 23.9 Å². The average Bonchev–Trinajstić information content (AvgIpc) is 3.25. The highest BCUT2D eigenvalue weighted by atomic mass is 32.2. The number of nitrogens with zero attached hydrogens (tertiary/aromatic N) is 4. The third-order valence-corrected chi connectivity index (χ3v) is 6.34. The van der Waals surface area contributed by atoms with Crippen LogP contribution in [0.25, 0.3) is 11.5 Å². The Labute approximate surface area is 128 Å². The van der Waals surface area contributed by atoms with Gasteiger partial charge in [-0.3, -0.25) is 0 Å². The maximum Gasteiger partial charge on any atom is 0.180 e. The lowest BCUT2D eigenvalue weighted by Gasteiger charge is -2.10. The van der Waals surface area contributed by atoms with E-state index in [0.717, 1.165) is 18.7 Å². The van der Waals surface area contributed by atoms with E-state index in [-0.39, 0.29) is 17.5 Å². The van der Waals surface area contributed by atoms with Gasteiger partial charge in [0.2, 0.25) is 0 Å². The van der Waals surface area contributed by atoms with Crippen molar-refractivity contribution < 1.29 is 12.9 Å². The molecule has 0 amide bonds. The molecule has 22 heavy (non-hydrogen) atoms. The fourth-order valence-corrected chi connectivity index (χ4v) is 5.11. The minimum Gasteiger partial charge on any atom is -0.364 e. The van der Waals surface area contributed by atoms with E-state index in [1.165, 1.54) is 19.1 Å². The van der Waals surface area contributed by atoms with Crippen LogP contribution in [0.2, 0.25) is 0 Å². The molecule has 1 saturated heterocycles. The summed E-state index contributed by atoms with van der Waals surface area (Å²) in [7, 11) is -2.97. The van der Waals surface area contributed by atoms with Crippen molar-refractivity contribution in [3.05, 3.63) is 18.2 Å². The van der Waals surface area contributed by atoms with Crippen molar-refractivity contribution in [1.82, 2.24) is 19.9 Å². The molecule has 0 bridgehead atoms. The van der Waals surface area contributed by atoms with E-state index in [1.807, 2.05) is 0 Å². The third kappa shape index (κ3) is 2.45. The second-order valence-electron chi connectivity index (χ2n) is 6.16. The Bertz CT molecular complexity index is 760. The summed E-state index contributed by atoms with van der Waals surface area (Å²) in [5.41, 5.74) is 0.612. The molecule has 3 heterocycles. The summed E-state index contributed by atoms with van der Waals surface area (Å²) in [6.07, 6.45) is 6.69. The highest BCUT2D eigenvalue weighted by Gasteiger charge is 2.33. The number of hydrogen-bond acceptors (Lipinski definition) is 6. The molecule has 8 heteroatoms. The second kappa shape index (κ2) is 5.19. The number of aromatic nitrogens is 4. The Hall–Kier alpha value is -1.70. The first-order valence-corrected chi connectivity index (χ1v) is 9.52. The Balaban J connectivity index is 1.75. The van der Waals surface area contributed by atoms with Gasteiger partial charge in [0, 0.05) is 12.0 Å². The molecule has 1 saturated carbocycles. The molecule has 1 atom stereocenters. The van der Waals surface area contributed by atoms with Crippen LogP contribution in [-0.2, 0) is 9.84 Å². The average molecular weight is 322 g/mol. The molecule has 1 aliphatic heterocycles. The third-order valence-electron chi connectivity index (χ3n) is 4.59. The van der Waals surface area contributed by atoms with E-state index in [2.05, 4.69) is 15.2 Å². The monoisotopic (exact) mass is 322 g/mol. The Morgan fingerprint density at radius 3 is 2.68 bits per heavy atom. The summed E-state index contributed by atoms with van der Waals surface area (Å²) in [5.74, 6) is 2.17. The van der Waals surface area contributed by atoms with Crippen LogP contribution < -0.4 is 0 Å². The molecule has 0 N–H and O–H groups in total. The normalized spacial score (nSPS) is 25.0. The minimum absolute atomic E-state index is 0.130. The molecule has 0 spiro atoms. The number of hydrogen-bond donors (Lipinski definition) is 0. The molecule has 0 unspecified atom stereocenters. The fraction of sp³-hybridized carbons (Fsp3) is 0.643. The minimum atomic E-state index is -2.97. The molecule has 0 radical (unpaired) electrons. The summed E-state index contributed by atoms with van der Waals surface area (Å²) in [6.45, 7) is 0. The number of sulfone groups is 1. The van der Waals surface area contributed by atoms with Gasteiger partial charge in [-0.2, -0.15) is 5.10 Å². The highest BCUT2D eigenvalue weighted by Crippen LogP contribution is 2.35. The van der Waals surface area contributed by atoms with Crippen molar-refractivity contribution in [3.63, 3.8) is 0 Å². The molecule has 2 aliphatic rings. The summed E-state index contributed by atoms with van der Waals surface area (Å²) < 4.78 is 30.2. The van der Waals surface area contributed by atoms with Gasteiger partial charge in [-0.15, -0.1) is 0 Å². The summed E-state index contributed by atoms with van der Waals surface area (Å²) in [6, 6.07) is 1.59. The van der Waals surface area contributed by atoms with Crippen LogP contribution >= 0.6 is 0 Å². The van der Waals surface area contributed by atoms with Crippen LogP contribution in [0, 0.1) is 0 Å². The zero-order chi connectivity index (χ0) is 15.2. The molecule has 1 aliphatic carbocycles. The van der Waals surface area contributed by atoms with Crippen molar-refractivity contribution in [1.29, 1.82) is 0 Å². The lowest BCUT2D eigenvalue weighted by atomic mass is 10.1. The van der Waals surface area contributed by atoms with Crippen molar-refractivity contribution in [2.75, 3.05) is 11.5 Å². The van der Waals surface area contributed by atoms with Crippen LogP contribution in [0.3, 0.4) is 0 Å². The zero-order valence-electron chi connectivity index (χ0n) is 12.2. The van der Waals surface area contributed by atoms with E-state index >= 15 is 0 Å². The van der Waals surface area contributed by atoms with E-state index in [4.69, 9.17) is 4.52 Å². The summed E-state index contributed by atoms with van der Waals surface area (Å²) in [4.78, 5) is 4.66. The Morgan fingerprint density at radius 1 is 1.23 bits per heavy atom. The topological polar surface area (TPSA) is 90.9 Å². The maximum atomic E-state index is 11.8. The lowest BCUT2D eigenvalue weighted by Crippen LogP contribution is -2.14. The predicted octanol–water partition coefficient (Wildman–Crippen LogP) is 1.95. The molecule has 118 valence electrons. The molecule has 4 rings (SSSR count). The van der Waals surface area contributed by atoms with Gasteiger partial charge >= 0.3 is 0 Å². The van der Waals surface area contributed by atoms with Gasteiger partial charge in [-0.25, -0.2) is 18.1 Å². The van der Waals surface area contributed by atoms with Gasteiger partial charge in [0.1, 0.15) is 6.26 Å². The van der Waals surface area contributed by atoms with Crippen molar-refractivity contribution in [3.8, 4) is 11.5 Å². The fourth-order valence-electron chi connectivity index (χ4n) is 3.42. The van der Waals surface area contributed by atoms with Gasteiger partial charge < -0.3 is 4.52 Å². The predicted molar refractivity (Wildman–Crippen MR) is 79.0 cm³/mol. The lowest BCUT2D eigenvalue weighted by molar-refractivity contribution is 0.419. The molecular weight excluding hydrogens is 304 g/mol. The van der Waals surface area contributed by atoms with Gasteiger partial charge in [0.05, 0.1) is 17.5 Å². The van der Waals surface area contributed by atoms with Crippen molar-refractivity contribution >= 4 is 9.84 Å². The first-order valence-electron chi connectivity index (χ1n) is 7.70. The Kier molecular flexibility index (Phi) is 3.28. The van der Waals surface area contributed by atoms with Gasteiger partial charge in [-0.1, -0.05) is 18.0 Å². The molecular formula is C14H18N4O3S. The maximum absolute atomic E-state index is 11.8. The first kappa shape index (κ1) is 13.9. The number of rotatable bonds is 3. The summed E-state index contributed by atoms with van der Waals surface area (Å²) >= 11 is 0. The quantitative estimate of drug-likeness (QED) is 0.858. The van der Waals surface area contributed by atoms with Gasteiger partial charge in [0.25, 0.3) is 0 Å².